The molecule has 0 saturated carbocycles. The number of carbonyl (C=O) groups is 1. The normalized spacial score (nSPS) is 11.1. The van der Waals surface area contributed by atoms with Gasteiger partial charge in [-0.25, -0.2) is 0 Å². The predicted molar refractivity (Wildman–Crippen MR) is 164 cm³/mol. The fourth-order valence-electron chi connectivity index (χ4n) is 4.19. The van der Waals surface area contributed by atoms with E-state index in [-0.39, 0.29) is 5.57 Å². The van der Waals surface area contributed by atoms with Gasteiger partial charge < -0.3 is 14.8 Å². The van der Waals surface area contributed by atoms with Crippen molar-refractivity contribution in [3.8, 4) is 17.6 Å². The molecule has 1 amide bonds. The number of nitrogens with one attached hydrogen (secondary N) is 1. The lowest BCUT2D eigenvalue weighted by atomic mass is 10.0. The smallest absolute Gasteiger partial charge is 0.266 e. The van der Waals surface area contributed by atoms with Crippen molar-refractivity contribution in [3.63, 3.8) is 0 Å². The van der Waals surface area contributed by atoms with Crippen LogP contribution in [0.15, 0.2) is 115 Å². The van der Waals surface area contributed by atoms with Crippen LogP contribution < -0.4 is 14.8 Å². The molecule has 0 bridgehead atoms. The summed E-state index contributed by atoms with van der Waals surface area (Å²) in [6, 6.07) is 35.4. The van der Waals surface area contributed by atoms with Crippen molar-refractivity contribution in [1.29, 1.82) is 5.26 Å². The lowest BCUT2D eigenvalue weighted by Gasteiger charge is -2.13. The standard InChI is InChI=1S/C34H24Cl2N2O3/c35-27-12-9-23(10-13-27)21-41-33-18-11-24-5-1-3-7-30(24)31(33)19-26(20-37)34(39)38-28-14-16-29(17-15-28)40-22-25-6-2-4-8-32(25)36/h1-19H,21-22H2,(H,38,39)/b26-19+. The second-order valence-electron chi connectivity index (χ2n) is 9.14. The number of carbonyl (C=O) groups excluding carboxylic acids is 1. The molecular formula is C34H24Cl2N2O3. The van der Waals surface area contributed by atoms with Crippen LogP contribution in [0.2, 0.25) is 10.0 Å². The molecule has 1 N–H and O–H groups in total. The summed E-state index contributed by atoms with van der Waals surface area (Å²) in [5, 5.41) is 15.8. The summed E-state index contributed by atoms with van der Waals surface area (Å²) in [4.78, 5) is 13.1. The van der Waals surface area contributed by atoms with Gasteiger partial charge in [0.1, 0.15) is 36.4 Å². The van der Waals surface area contributed by atoms with Crippen LogP contribution in [0.25, 0.3) is 16.8 Å². The molecule has 0 aromatic heterocycles. The Morgan fingerprint density at radius 2 is 1.54 bits per heavy atom. The Kier molecular flexibility index (Phi) is 8.85. The summed E-state index contributed by atoms with van der Waals surface area (Å²) < 4.78 is 12.0. The third kappa shape index (κ3) is 7.06. The highest BCUT2D eigenvalue weighted by Gasteiger charge is 2.14. The van der Waals surface area contributed by atoms with Gasteiger partial charge >= 0.3 is 0 Å². The first-order valence-corrected chi connectivity index (χ1v) is 13.5. The van der Waals surface area contributed by atoms with E-state index < -0.39 is 5.91 Å². The van der Waals surface area contributed by atoms with E-state index in [0.717, 1.165) is 21.9 Å². The molecule has 41 heavy (non-hydrogen) atoms. The average Bonchev–Trinajstić information content (AvgIpc) is 3.00. The lowest BCUT2D eigenvalue weighted by molar-refractivity contribution is -0.112. The predicted octanol–water partition coefficient (Wildman–Crippen LogP) is 8.85. The fourth-order valence-corrected chi connectivity index (χ4v) is 4.51. The maximum Gasteiger partial charge on any atom is 0.266 e. The molecule has 5 aromatic rings. The number of nitriles is 1. The van der Waals surface area contributed by atoms with Gasteiger partial charge in [-0.05, 0) is 70.9 Å². The Labute approximate surface area is 248 Å². The molecule has 0 atom stereocenters. The Morgan fingerprint density at radius 1 is 0.805 bits per heavy atom. The SMILES string of the molecule is N#C/C(=C\c1c(OCc2ccc(Cl)cc2)ccc2ccccc12)C(=O)Nc1ccc(OCc2ccccc2Cl)cc1. The van der Waals surface area contributed by atoms with Crippen molar-refractivity contribution < 1.29 is 14.3 Å². The molecule has 0 aliphatic heterocycles. The van der Waals surface area contributed by atoms with Crippen LogP contribution >= 0.6 is 23.2 Å². The molecule has 0 radical (unpaired) electrons. The second kappa shape index (κ2) is 13.1. The van der Waals surface area contributed by atoms with Crippen molar-refractivity contribution in [3.05, 3.63) is 142 Å². The minimum atomic E-state index is -0.533. The highest BCUT2D eigenvalue weighted by atomic mass is 35.5. The zero-order valence-corrected chi connectivity index (χ0v) is 23.3. The zero-order valence-electron chi connectivity index (χ0n) is 21.8. The average molecular weight is 579 g/mol. The number of amides is 1. The lowest BCUT2D eigenvalue weighted by Crippen LogP contribution is -2.13. The first-order chi connectivity index (χ1) is 20.0. The van der Waals surface area contributed by atoms with Crippen molar-refractivity contribution in [2.45, 2.75) is 13.2 Å². The molecule has 0 heterocycles. The van der Waals surface area contributed by atoms with E-state index in [1.54, 1.807) is 42.5 Å². The maximum atomic E-state index is 13.1. The third-order valence-corrected chi connectivity index (χ3v) is 6.98. The summed E-state index contributed by atoms with van der Waals surface area (Å²) in [6.07, 6.45) is 1.57. The number of rotatable bonds is 9. The van der Waals surface area contributed by atoms with Crippen LogP contribution in [0, 0.1) is 11.3 Å². The zero-order chi connectivity index (χ0) is 28.6. The van der Waals surface area contributed by atoms with E-state index in [1.165, 1.54) is 0 Å². The number of hydrogen-bond donors (Lipinski definition) is 1. The largest absolute Gasteiger partial charge is 0.489 e. The molecule has 0 aliphatic rings. The Morgan fingerprint density at radius 3 is 2.29 bits per heavy atom. The van der Waals surface area contributed by atoms with Crippen LogP contribution in [0.5, 0.6) is 11.5 Å². The van der Waals surface area contributed by atoms with E-state index in [4.69, 9.17) is 32.7 Å². The van der Waals surface area contributed by atoms with Gasteiger partial charge in [0.25, 0.3) is 5.91 Å². The highest BCUT2D eigenvalue weighted by molar-refractivity contribution is 6.31. The molecule has 7 heteroatoms. The molecule has 0 saturated heterocycles. The Hall–Kier alpha value is -4.76. The van der Waals surface area contributed by atoms with Gasteiger partial charge in [-0.2, -0.15) is 5.26 Å². The summed E-state index contributed by atoms with van der Waals surface area (Å²) in [5.74, 6) is 0.644. The van der Waals surface area contributed by atoms with E-state index in [2.05, 4.69) is 5.32 Å². The first kappa shape index (κ1) is 27.8. The van der Waals surface area contributed by atoms with Crippen molar-refractivity contribution in [1.82, 2.24) is 0 Å². The van der Waals surface area contributed by atoms with Crippen LogP contribution in [-0.2, 0) is 18.0 Å². The minimum absolute atomic E-state index is 0.0586. The van der Waals surface area contributed by atoms with Gasteiger partial charge in [-0.3, -0.25) is 4.79 Å². The van der Waals surface area contributed by atoms with Gasteiger partial charge in [-0.1, -0.05) is 83.9 Å². The summed E-state index contributed by atoms with van der Waals surface area (Å²) >= 11 is 12.2. The van der Waals surface area contributed by atoms with Crippen LogP contribution in [-0.4, -0.2) is 5.91 Å². The summed E-state index contributed by atoms with van der Waals surface area (Å²) in [5.41, 5.74) is 2.93. The minimum Gasteiger partial charge on any atom is -0.489 e. The molecule has 0 aliphatic carbocycles. The molecule has 5 nitrogen and oxygen atoms in total. The fraction of sp³-hybridized carbons (Fsp3) is 0.0588. The summed E-state index contributed by atoms with van der Waals surface area (Å²) in [6.45, 7) is 0.621. The molecule has 0 fully saturated rings. The Bertz CT molecular complexity index is 1760. The van der Waals surface area contributed by atoms with Crippen LogP contribution in [0.3, 0.4) is 0 Å². The van der Waals surface area contributed by atoms with Crippen molar-refractivity contribution >= 4 is 51.6 Å². The van der Waals surface area contributed by atoms with Gasteiger partial charge in [0.2, 0.25) is 0 Å². The van der Waals surface area contributed by atoms with Gasteiger partial charge in [-0.15, -0.1) is 0 Å². The van der Waals surface area contributed by atoms with Gasteiger partial charge in [0, 0.05) is 26.9 Å². The number of hydrogen-bond acceptors (Lipinski definition) is 4. The van der Waals surface area contributed by atoms with Gasteiger partial charge in [0.05, 0.1) is 0 Å². The number of anilines is 1. The van der Waals surface area contributed by atoms with Gasteiger partial charge in [0.15, 0.2) is 0 Å². The highest BCUT2D eigenvalue weighted by Crippen LogP contribution is 2.31. The van der Waals surface area contributed by atoms with Crippen LogP contribution in [0.1, 0.15) is 16.7 Å². The number of nitrogens with zero attached hydrogens (tertiary/aromatic N) is 1. The van der Waals surface area contributed by atoms with E-state index in [0.29, 0.717) is 46.0 Å². The van der Waals surface area contributed by atoms with Crippen molar-refractivity contribution in [2.24, 2.45) is 0 Å². The molecule has 202 valence electrons. The quantitative estimate of drug-likeness (QED) is 0.140. The van der Waals surface area contributed by atoms with Crippen LogP contribution in [0.4, 0.5) is 5.69 Å². The Balaban J connectivity index is 1.34. The molecule has 5 rings (SSSR count). The number of ether oxygens (including phenoxy) is 2. The molecule has 5 aromatic carbocycles. The number of benzene rings is 5. The third-order valence-electron chi connectivity index (χ3n) is 6.36. The monoisotopic (exact) mass is 578 g/mol. The summed E-state index contributed by atoms with van der Waals surface area (Å²) in [7, 11) is 0. The molecule has 0 unspecified atom stereocenters. The van der Waals surface area contributed by atoms with E-state index in [1.807, 2.05) is 78.9 Å². The van der Waals surface area contributed by atoms with E-state index >= 15 is 0 Å². The number of halogens is 2. The van der Waals surface area contributed by atoms with E-state index in [9.17, 15) is 10.1 Å². The molecular weight excluding hydrogens is 555 g/mol. The maximum absolute atomic E-state index is 13.1. The van der Waals surface area contributed by atoms with Crippen molar-refractivity contribution in [2.75, 3.05) is 5.32 Å². The second-order valence-corrected chi connectivity index (χ2v) is 9.99. The first-order valence-electron chi connectivity index (χ1n) is 12.8. The topological polar surface area (TPSA) is 71.3 Å². The number of fused-ring (bicyclic) bond motifs is 1. The molecule has 0 spiro atoms.